The fraction of sp³-hybridized carbons (Fsp3) is 0.700. The van der Waals surface area contributed by atoms with Crippen LogP contribution in [-0.2, 0) is 4.79 Å². The molecule has 0 aromatic heterocycles. The first kappa shape index (κ1) is 13.1. The second-order valence-corrected chi connectivity index (χ2v) is 3.96. The Balaban J connectivity index is 2.70. The normalized spacial score (nSPS) is 27.8. The van der Waals surface area contributed by atoms with E-state index in [4.69, 9.17) is 5.73 Å². The highest BCUT2D eigenvalue weighted by molar-refractivity contribution is 5.79. The minimum atomic E-state index is -1.76. The summed E-state index contributed by atoms with van der Waals surface area (Å²) in [5.74, 6) is -0.958. The molecule has 0 bridgehead atoms. The molecule has 1 fully saturated rings. The monoisotopic (exact) mass is 234 g/mol. The number of carbonyl (C=O) groups is 1. The maximum absolute atomic E-state index is 12.1. The lowest BCUT2D eigenvalue weighted by molar-refractivity contribution is -0.126. The first-order chi connectivity index (χ1) is 7.45. The van der Waals surface area contributed by atoms with Gasteiger partial charge < -0.3 is 10.8 Å². The van der Waals surface area contributed by atoms with E-state index in [1.54, 1.807) is 6.92 Å². The molecule has 1 saturated heterocycles. The van der Waals surface area contributed by atoms with Crippen LogP contribution in [0.1, 0.15) is 19.8 Å². The van der Waals surface area contributed by atoms with Gasteiger partial charge >= 0.3 is 0 Å². The Kier molecular flexibility index (Phi) is 4.37. The van der Waals surface area contributed by atoms with Crippen LogP contribution in [0.4, 0.5) is 8.78 Å². The Morgan fingerprint density at radius 1 is 1.69 bits per heavy atom. The molecule has 1 aliphatic rings. The van der Waals surface area contributed by atoms with Crippen LogP contribution < -0.4 is 5.73 Å². The van der Waals surface area contributed by atoms with E-state index >= 15 is 0 Å². The number of aliphatic hydroxyl groups is 1. The summed E-state index contributed by atoms with van der Waals surface area (Å²) in [5, 5.41) is 9.67. The first-order valence-electron chi connectivity index (χ1n) is 5.21. The third kappa shape index (κ3) is 2.99. The Morgan fingerprint density at radius 3 is 2.75 bits per heavy atom. The molecule has 4 nitrogen and oxygen atoms in total. The van der Waals surface area contributed by atoms with Gasteiger partial charge in [0.2, 0.25) is 5.91 Å². The molecule has 1 rings (SSSR count). The number of halogens is 2. The SMILES string of the molecule is CC[C@@H](C(N)=O)N1C[C@H](C=C(F)F)CC1O. The lowest BCUT2D eigenvalue weighted by atomic mass is 10.1. The van der Waals surface area contributed by atoms with E-state index in [1.165, 1.54) is 4.90 Å². The van der Waals surface area contributed by atoms with E-state index < -0.39 is 30.2 Å². The molecule has 1 amide bonds. The summed E-state index contributed by atoms with van der Waals surface area (Å²) in [6.45, 7) is 2.00. The quantitative estimate of drug-likeness (QED) is 0.751. The van der Waals surface area contributed by atoms with Crippen molar-refractivity contribution in [1.82, 2.24) is 4.90 Å². The average molecular weight is 234 g/mol. The zero-order valence-corrected chi connectivity index (χ0v) is 9.07. The van der Waals surface area contributed by atoms with Gasteiger partial charge in [-0.05, 0) is 24.8 Å². The summed E-state index contributed by atoms with van der Waals surface area (Å²) in [7, 11) is 0. The summed E-state index contributed by atoms with van der Waals surface area (Å²) < 4.78 is 24.1. The molecular weight excluding hydrogens is 218 g/mol. The molecule has 0 spiro atoms. The number of primary amides is 1. The van der Waals surface area contributed by atoms with Crippen LogP contribution in [0.3, 0.4) is 0 Å². The molecule has 1 heterocycles. The number of nitrogens with zero attached hydrogens (tertiary/aromatic N) is 1. The van der Waals surface area contributed by atoms with Gasteiger partial charge in [0, 0.05) is 6.54 Å². The zero-order chi connectivity index (χ0) is 12.3. The molecule has 1 unspecified atom stereocenters. The molecule has 0 aromatic carbocycles. The van der Waals surface area contributed by atoms with Gasteiger partial charge in [-0.2, -0.15) is 8.78 Å². The summed E-state index contributed by atoms with van der Waals surface area (Å²) in [6, 6.07) is -0.587. The number of aliphatic hydroxyl groups excluding tert-OH is 1. The van der Waals surface area contributed by atoms with Crippen molar-refractivity contribution in [3.05, 3.63) is 12.2 Å². The lowest BCUT2D eigenvalue weighted by Crippen LogP contribution is -2.46. The van der Waals surface area contributed by atoms with Crippen molar-refractivity contribution in [3.8, 4) is 0 Å². The number of hydrogen-bond acceptors (Lipinski definition) is 3. The number of hydrogen-bond donors (Lipinski definition) is 2. The molecule has 0 aliphatic carbocycles. The van der Waals surface area contributed by atoms with Gasteiger partial charge in [0.05, 0.1) is 6.04 Å². The van der Waals surface area contributed by atoms with Crippen molar-refractivity contribution in [3.63, 3.8) is 0 Å². The number of amides is 1. The van der Waals surface area contributed by atoms with Crippen molar-refractivity contribution in [1.29, 1.82) is 0 Å². The van der Waals surface area contributed by atoms with Gasteiger partial charge in [0.15, 0.2) is 0 Å². The lowest BCUT2D eigenvalue weighted by Gasteiger charge is -2.26. The molecule has 6 heteroatoms. The van der Waals surface area contributed by atoms with Crippen LogP contribution in [0.25, 0.3) is 0 Å². The fourth-order valence-corrected chi connectivity index (χ4v) is 2.11. The highest BCUT2D eigenvalue weighted by Crippen LogP contribution is 2.27. The maximum Gasteiger partial charge on any atom is 0.266 e. The van der Waals surface area contributed by atoms with E-state index in [9.17, 15) is 18.7 Å². The first-order valence-corrected chi connectivity index (χ1v) is 5.21. The Labute approximate surface area is 92.7 Å². The van der Waals surface area contributed by atoms with Crippen molar-refractivity contribution >= 4 is 5.91 Å². The fourth-order valence-electron chi connectivity index (χ4n) is 2.11. The molecular formula is C10H16F2N2O2. The van der Waals surface area contributed by atoms with Gasteiger partial charge in [0.25, 0.3) is 6.08 Å². The Morgan fingerprint density at radius 2 is 2.31 bits per heavy atom. The van der Waals surface area contributed by atoms with Gasteiger partial charge in [-0.3, -0.25) is 9.69 Å². The van der Waals surface area contributed by atoms with Crippen LogP contribution in [0.2, 0.25) is 0 Å². The minimum absolute atomic E-state index is 0.209. The van der Waals surface area contributed by atoms with Crippen molar-refractivity contribution in [2.75, 3.05) is 6.54 Å². The van der Waals surface area contributed by atoms with Crippen LogP contribution >= 0.6 is 0 Å². The van der Waals surface area contributed by atoms with Crippen molar-refractivity contribution in [2.24, 2.45) is 11.7 Å². The third-order valence-corrected chi connectivity index (χ3v) is 2.82. The number of nitrogens with two attached hydrogens (primary N) is 1. The van der Waals surface area contributed by atoms with Crippen LogP contribution in [0.15, 0.2) is 12.2 Å². The molecule has 3 N–H and O–H groups in total. The van der Waals surface area contributed by atoms with Gasteiger partial charge in [0.1, 0.15) is 6.23 Å². The predicted octanol–water partition coefficient (Wildman–Crippen LogP) is 0.671. The van der Waals surface area contributed by atoms with E-state index in [1.807, 2.05) is 0 Å². The number of rotatable bonds is 4. The predicted molar refractivity (Wildman–Crippen MR) is 54.4 cm³/mol. The molecule has 0 aromatic rings. The average Bonchev–Trinajstić information content (AvgIpc) is 2.46. The zero-order valence-electron chi connectivity index (χ0n) is 9.07. The second-order valence-electron chi connectivity index (χ2n) is 3.96. The topological polar surface area (TPSA) is 66.6 Å². The summed E-state index contributed by atoms with van der Waals surface area (Å²) in [5.41, 5.74) is 5.18. The molecule has 0 radical (unpaired) electrons. The largest absolute Gasteiger partial charge is 0.378 e. The van der Waals surface area contributed by atoms with E-state index in [0.29, 0.717) is 6.42 Å². The second kappa shape index (κ2) is 5.36. The Hall–Kier alpha value is -1.01. The van der Waals surface area contributed by atoms with E-state index in [2.05, 4.69) is 0 Å². The van der Waals surface area contributed by atoms with Crippen molar-refractivity contribution in [2.45, 2.75) is 32.0 Å². The van der Waals surface area contributed by atoms with Gasteiger partial charge in [-0.1, -0.05) is 6.92 Å². The number of likely N-dealkylation sites (tertiary alicyclic amines) is 1. The van der Waals surface area contributed by atoms with Crippen molar-refractivity contribution < 1.29 is 18.7 Å². The van der Waals surface area contributed by atoms with Gasteiger partial charge in [-0.25, -0.2) is 0 Å². The summed E-state index contributed by atoms with van der Waals surface area (Å²) >= 11 is 0. The molecule has 92 valence electrons. The minimum Gasteiger partial charge on any atom is -0.378 e. The summed E-state index contributed by atoms with van der Waals surface area (Å²) in [6.07, 6.45) is -1.15. The third-order valence-electron chi connectivity index (χ3n) is 2.82. The molecule has 16 heavy (non-hydrogen) atoms. The molecule has 3 atom stereocenters. The standard InChI is InChI=1S/C10H16F2N2O2/c1-2-7(10(13)16)14-5-6(3-8(11)12)4-9(14)15/h3,6-7,9,15H,2,4-5H2,1H3,(H2,13,16)/t6-,7+,9?/m1/s1. The maximum atomic E-state index is 12.1. The van der Waals surface area contributed by atoms with Crippen LogP contribution in [0, 0.1) is 5.92 Å². The molecule has 1 aliphatic heterocycles. The van der Waals surface area contributed by atoms with Crippen LogP contribution in [-0.4, -0.2) is 34.7 Å². The smallest absolute Gasteiger partial charge is 0.266 e. The number of carbonyl (C=O) groups excluding carboxylic acids is 1. The highest BCUT2D eigenvalue weighted by Gasteiger charge is 2.36. The van der Waals surface area contributed by atoms with Crippen LogP contribution in [0.5, 0.6) is 0 Å². The van der Waals surface area contributed by atoms with E-state index in [0.717, 1.165) is 6.08 Å². The van der Waals surface area contributed by atoms with Gasteiger partial charge in [-0.15, -0.1) is 0 Å². The summed E-state index contributed by atoms with van der Waals surface area (Å²) in [4.78, 5) is 12.6. The van der Waals surface area contributed by atoms with E-state index in [-0.39, 0.29) is 13.0 Å². The Bertz CT molecular complexity index is 293. The molecule has 0 saturated carbocycles. The highest BCUT2D eigenvalue weighted by atomic mass is 19.3.